The minimum Gasteiger partial charge on any atom is -0.330 e. The normalized spacial score (nSPS) is 9.18. The molecule has 0 fully saturated rings. The van der Waals surface area contributed by atoms with Gasteiger partial charge in [-0.15, -0.1) is 37.2 Å². The number of nitrogens with zero attached hydrogens (tertiary/aromatic N) is 2. The first-order valence-corrected chi connectivity index (χ1v) is 6.84. The number of nitrogens with one attached hydrogen (secondary N) is 1. The van der Waals surface area contributed by atoms with E-state index < -0.39 is 0 Å². The summed E-state index contributed by atoms with van der Waals surface area (Å²) in [4.78, 5) is 2.32. The van der Waals surface area contributed by atoms with Crippen molar-refractivity contribution >= 4 is 37.2 Å². The molecule has 1 aromatic carbocycles. The minimum absolute atomic E-state index is 0. The summed E-state index contributed by atoms with van der Waals surface area (Å²) in [7, 11) is 2.14. The minimum atomic E-state index is 0. The molecule has 0 spiro atoms. The van der Waals surface area contributed by atoms with Crippen LogP contribution in [0.25, 0.3) is 0 Å². The SMILES string of the molecule is CN(CCCN)CCCNCc1ccc(C#N)cc1.Cl.Cl.Cl. The third kappa shape index (κ3) is 12.0. The number of hydrogen-bond acceptors (Lipinski definition) is 4. The van der Waals surface area contributed by atoms with Gasteiger partial charge in [0.25, 0.3) is 0 Å². The average molecular weight is 370 g/mol. The lowest BCUT2D eigenvalue weighted by Crippen LogP contribution is -2.26. The first-order valence-electron chi connectivity index (χ1n) is 6.84. The van der Waals surface area contributed by atoms with E-state index in [1.54, 1.807) is 0 Å². The maximum Gasteiger partial charge on any atom is 0.0991 e. The van der Waals surface area contributed by atoms with Gasteiger partial charge in [-0.25, -0.2) is 0 Å². The zero-order valence-corrected chi connectivity index (χ0v) is 15.4. The third-order valence-corrected chi connectivity index (χ3v) is 3.05. The second-order valence-electron chi connectivity index (χ2n) is 4.78. The molecule has 0 radical (unpaired) electrons. The Labute approximate surface area is 152 Å². The molecule has 22 heavy (non-hydrogen) atoms. The van der Waals surface area contributed by atoms with E-state index >= 15 is 0 Å². The third-order valence-electron chi connectivity index (χ3n) is 3.05. The van der Waals surface area contributed by atoms with Crippen LogP contribution in [-0.2, 0) is 6.54 Å². The molecule has 0 saturated carbocycles. The number of benzene rings is 1. The number of nitriles is 1. The van der Waals surface area contributed by atoms with Crippen LogP contribution >= 0.6 is 37.2 Å². The summed E-state index contributed by atoms with van der Waals surface area (Å²) in [6.45, 7) is 4.80. The lowest BCUT2D eigenvalue weighted by Gasteiger charge is -2.15. The van der Waals surface area contributed by atoms with Crippen molar-refractivity contribution in [3.63, 3.8) is 0 Å². The number of hydrogen-bond donors (Lipinski definition) is 2. The van der Waals surface area contributed by atoms with Gasteiger partial charge in [-0.2, -0.15) is 5.26 Å². The Kier molecular flexibility index (Phi) is 20.2. The smallest absolute Gasteiger partial charge is 0.0991 e. The monoisotopic (exact) mass is 368 g/mol. The van der Waals surface area contributed by atoms with Crippen molar-refractivity contribution in [1.82, 2.24) is 10.2 Å². The standard InChI is InChI=1S/C15H24N4.3ClH/c1-19(10-2-8-16)11-3-9-18-13-15-6-4-14(12-17)5-7-15;;;/h4-7,18H,2-3,8-11,13,16H2,1H3;3*1H. The molecular formula is C15H27Cl3N4. The van der Waals surface area contributed by atoms with Gasteiger partial charge in [0, 0.05) is 6.54 Å². The van der Waals surface area contributed by atoms with Gasteiger partial charge in [0.05, 0.1) is 11.6 Å². The predicted molar refractivity (Wildman–Crippen MR) is 100 cm³/mol. The van der Waals surface area contributed by atoms with E-state index in [0.29, 0.717) is 5.56 Å². The van der Waals surface area contributed by atoms with Crippen molar-refractivity contribution in [2.75, 3.05) is 33.2 Å². The lowest BCUT2D eigenvalue weighted by molar-refractivity contribution is 0.324. The fourth-order valence-electron chi connectivity index (χ4n) is 1.88. The second-order valence-corrected chi connectivity index (χ2v) is 4.78. The fourth-order valence-corrected chi connectivity index (χ4v) is 1.88. The van der Waals surface area contributed by atoms with Gasteiger partial charge >= 0.3 is 0 Å². The summed E-state index contributed by atoms with van der Waals surface area (Å²) in [5, 5.41) is 12.1. The Hall–Kier alpha value is -0.540. The average Bonchev–Trinajstić information content (AvgIpc) is 2.45. The Morgan fingerprint density at radius 2 is 1.68 bits per heavy atom. The maximum atomic E-state index is 8.71. The first kappa shape index (κ1) is 26.4. The molecule has 0 saturated heterocycles. The van der Waals surface area contributed by atoms with Gasteiger partial charge in [-0.05, 0) is 63.8 Å². The molecule has 1 rings (SSSR count). The summed E-state index contributed by atoms with van der Waals surface area (Å²) in [6.07, 6.45) is 2.20. The predicted octanol–water partition coefficient (Wildman–Crippen LogP) is 2.58. The van der Waals surface area contributed by atoms with Crippen LogP contribution in [-0.4, -0.2) is 38.1 Å². The second kappa shape index (κ2) is 16.8. The van der Waals surface area contributed by atoms with Crippen LogP contribution in [0, 0.1) is 11.3 Å². The van der Waals surface area contributed by atoms with Crippen LogP contribution in [0.3, 0.4) is 0 Å². The van der Waals surface area contributed by atoms with Crippen LogP contribution < -0.4 is 11.1 Å². The molecule has 0 atom stereocenters. The molecule has 7 heteroatoms. The van der Waals surface area contributed by atoms with Gasteiger partial charge in [-0.3, -0.25) is 0 Å². The Balaban J connectivity index is -0.00000120. The molecule has 0 bridgehead atoms. The Bertz CT molecular complexity index is 393. The Morgan fingerprint density at radius 3 is 2.23 bits per heavy atom. The summed E-state index contributed by atoms with van der Waals surface area (Å²) in [5.41, 5.74) is 7.41. The molecule has 0 aromatic heterocycles. The summed E-state index contributed by atoms with van der Waals surface area (Å²) < 4.78 is 0. The summed E-state index contributed by atoms with van der Waals surface area (Å²) in [6, 6.07) is 9.84. The van der Waals surface area contributed by atoms with Gasteiger partial charge in [0.1, 0.15) is 0 Å². The molecule has 0 unspecified atom stereocenters. The molecule has 4 nitrogen and oxygen atoms in total. The molecular weight excluding hydrogens is 343 g/mol. The number of halogens is 3. The quantitative estimate of drug-likeness (QED) is 0.657. The maximum absolute atomic E-state index is 8.71. The van der Waals surface area contributed by atoms with Crippen molar-refractivity contribution in [3.05, 3.63) is 35.4 Å². The van der Waals surface area contributed by atoms with Gasteiger partial charge < -0.3 is 16.0 Å². The van der Waals surface area contributed by atoms with Crippen LogP contribution in [0.2, 0.25) is 0 Å². The highest BCUT2D eigenvalue weighted by Gasteiger charge is 1.97. The van der Waals surface area contributed by atoms with Gasteiger partial charge in [0.15, 0.2) is 0 Å². The van der Waals surface area contributed by atoms with Crippen LogP contribution in [0.15, 0.2) is 24.3 Å². The van der Waals surface area contributed by atoms with E-state index in [4.69, 9.17) is 11.0 Å². The van der Waals surface area contributed by atoms with Crippen molar-refractivity contribution in [1.29, 1.82) is 5.26 Å². The molecule has 1 aromatic rings. The van der Waals surface area contributed by atoms with E-state index in [2.05, 4.69) is 23.3 Å². The Morgan fingerprint density at radius 1 is 1.09 bits per heavy atom. The molecule has 0 aliphatic carbocycles. The highest BCUT2D eigenvalue weighted by Crippen LogP contribution is 2.02. The highest BCUT2D eigenvalue weighted by molar-refractivity contribution is 5.86. The van der Waals surface area contributed by atoms with Crippen molar-refractivity contribution in [2.45, 2.75) is 19.4 Å². The molecule has 0 aliphatic heterocycles. The van der Waals surface area contributed by atoms with E-state index in [9.17, 15) is 0 Å². The largest absolute Gasteiger partial charge is 0.330 e. The first-order chi connectivity index (χ1) is 9.26. The number of nitrogens with two attached hydrogens (primary N) is 1. The van der Waals surface area contributed by atoms with E-state index in [-0.39, 0.29) is 37.2 Å². The summed E-state index contributed by atoms with van der Waals surface area (Å²) >= 11 is 0. The zero-order chi connectivity index (χ0) is 13.9. The van der Waals surface area contributed by atoms with Crippen molar-refractivity contribution < 1.29 is 0 Å². The lowest BCUT2D eigenvalue weighted by atomic mass is 10.1. The highest BCUT2D eigenvalue weighted by atomic mass is 35.5. The molecule has 0 aliphatic rings. The van der Waals surface area contributed by atoms with Crippen LogP contribution in [0.4, 0.5) is 0 Å². The van der Waals surface area contributed by atoms with Crippen molar-refractivity contribution in [3.8, 4) is 6.07 Å². The topological polar surface area (TPSA) is 65.1 Å². The van der Waals surface area contributed by atoms with E-state index in [1.165, 1.54) is 5.56 Å². The van der Waals surface area contributed by atoms with Gasteiger partial charge in [0.2, 0.25) is 0 Å². The molecule has 3 N–H and O–H groups in total. The molecule has 0 amide bonds. The van der Waals surface area contributed by atoms with Crippen LogP contribution in [0.5, 0.6) is 0 Å². The molecule has 128 valence electrons. The van der Waals surface area contributed by atoms with Crippen molar-refractivity contribution in [2.24, 2.45) is 5.73 Å². The van der Waals surface area contributed by atoms with Crippen LogP contribution in [0.1, 0.15) is 24.0 Å². The van der Waals surface area contributed by atoms with E-state index in [0.717, 1.165) is 45.6 Å². The zero-order valence-electron chi connectivity index (χ0n) is 13.0. The van der Waals surface area contributed by atoms with E-state index in [1.807, 2.05) is 24.3 Å². The summed E-state index contributed by atoms with van der Waals surface area (Å²) in [5.74, 6) is 0. The number of rotatable bonds is 9. The molecule has 0 heterocycles. The van der Waals surface area contributed by atoms with Gasteiger partial charge in [-0.1, -0.05) is 12.1 Å². The fraction of sp³-hybridized carbons (Fsp3) is 0.533.